The molecule has 1 aliphatic heterocycles. The molecule has 1 aliphatic rings. The van der Waals surface area contributed by atoms with E-state index in [2.05, 4.69) is 15.3 Å². The quantitative estimate of drug-likeness (QED) is 0.773. The number of nitrogens with two attached hydrogens (primary N) is 2. The number of ether oxygens (including phenoxy) is 1. The van der Waals surface area contributed by atoms with Gasteiger partial charge in [0.25, 0.3) is 0 Å². The molecule has 0 amide bonds. The van der Waals surface area contributed by atoms with Crippen LogP contribution in [0.1, 0.15) is 18.4 Å². The predicted octanol–water partition coefficient (Wildman–Crippen LogP) is 1.06. The minimum atomic E-state index is 0.200. The van der Waals surface area contributed by atoms with Crippen LogP contribution in [0.25, 0.3) is 10.9 Å². The zero-order valence-electron chi connectivity index (χ0n) is 11.3. The van der Waals surface area contributed by atoms with E-state index >= 15 is 0 Å². The summed E-state index contributed by atoms with van der Waals surface area (Å²) in [4.78, 5) is 8.25. The largest absolute Gasteiger partial charge is 0.383 e. The van der Waals surface area contributed by atoms with Crippen molar-refractivity contribution in [3.05, 3.63) is 23.8 Å². The molecule has 2 heterocycles. The summed E-state index contributed by atoms with van der Waals surface area (Å²) < 4.78 is 5.98. The minimum Gasteiger partial charge on any atom is -0.383 e. The third-order valence-corrected chi connectivity index (χ3v) is 3.62. The van der Waals surface area contributed by atoms with E-state index in [1.807, 2.05) is 18.2 Å². The zero-order chi connectivity index (χ0) is 13.9. The molecule has 106 valence electrons. The van der Waals surface area contributed by atoms with Gasteiger partial charge in [-0.25, -0.2) is 4.98 Å². The van der Waals surface area contributed by atoms with E-state index in [0.717, 1.165) is 42.4 Å². The highest BCUT2D eigenvalue weighted by atomic mass is 16.5. The van der Waals surface area contributed by atoms with E-state index in [0.29, 0.717) is 18.5 Å². The van der Waals surface area contributed by atoms with Gasteiger partial charge in [0.15, 0.2) is 0 Å². The highest BCUT2D eigenvalue weighted by molar-refractivity contribution is 5.91. The molecule has 0 saturated carbocycles. The molecule has 1 aromatic carbocycles. The molecule has 0 radical (unpaired) electrons. The van der Waals surface area contributed by atoms with Crippen molar-refractivity contribution in [2.45, 2.75) is 25.6 Å². The third-order valence-electron chi connectivity index (χ3n) is 3.62. The van der Waals surface area contributed by atoms with Crippen LogP contribution in [0, 0.1) is 0 Å². The van der Waals surface area contributed by atoms with Gasteiger partial charge in [0.1, 0.15) is 5.82 Å². The molecular weight excluding hydrogens is 254 g/mol. The fraction of sp³-hybridized carbons (Fsp3) is 0.429. The van der Waals surface area contributed by atoms with Gasteiger partial charge < -0.3 is 21.5 Å². The van der Waals surface area contributed by atoms with Crippen LogP contribution in [-0.4, -0.2) is 29.2 Å². The first kappa shape index (κ1) is 13.1. The van der Waals surface area contributed by atoms with Gasteiger partial charge in [-0.3, -0.25) is 0 Å². The summed E-state index contributed by atoms with van der Waals surface area (Å²) in [6.45, 7) is 2.56. The fourth-order valence-corrected chi connectivity index (χ4v) is 2.59. The molecule has 0 atom stereocenters. The van der Waals surface area contributed by atoms with Crippen LogP contribution in [0.4, 0.5) is 11.8 Å². The maximum Gasteiger partial charge on any atom is 0.222 e. The van der Waals surface area contributed by atoms with Crippen molar-refractivity contribution >= 4 is 22.7 Å². The monoisotopic (exact) mass is 273 g/mol. The van der Waals surface area contributed by atoms with Crippen molar-refractivity contribution in [1.82, 2.24) is 15.3 Å². The Bertz CT molecular complexity index is 610. The lowest BCUT2D eigenvalue weighted by atomic mass is 10.1. The van der Waals surface area contributed by atoms with Gasteiger partial charge in [0.05, 0.1) is 18.2 Å². The van der Waals surface area contributed by atoms with E-state index in [1.54, 1.807) is 0 Å². The SMILES string of the molecule is Nc1nc(N)c2c(COC3CCNCC3)cccc2n1. The zero-order valence-corrected chi connectivity index (χ0v) is 11.3. The summed E-state index contributed by atoms with van der Waals surface area (Å²) in [6, 6.07) is 5.83. The first-order valence-electron chi connectivity index (χ1n) is 6.87. The molecule has 20 heavy (non-hydrogen) atoms. The highest BCUT2D eigenvalue weighted by Crippen LogP contribution is 2.24. The maximum atomic E-state index is 5.98. The first-order valence-corrected chi connectivity index (χ1v) is 6.87. The summed E-state index contributed by atoms with van der Waals surface area (Å²) in [5.41, 5.74) is 13.4. The molecular formula is C14H19N5O. The molecule has 1 aromatic heterocycles. The average Bonchev–Trinajstić information content (AvgIpc) is 2.45. The Kier molecular flexibility index (Phi) is 3.66. The van der Waals surface area contributed by atoms with Crippen LogP contribution < -0.4 is 16.8 Å². The number of aromatic nitrogens is 2. The molecule has 6 heteroatoms. The molecule has 3 rings (SSSR count). The van der Waals surface area contributed by atoms with E-state index in [9.17, 15) is 0 Å². The lowest BCUT2D eigenvalue weighted by molar-refractivity contribution is 0.0218. The van der Waals surface area contributed by atoms with Crippen LogP contribution in [-0.2, 0) is 11.3 Å². The first-order chi connectivity index (χ1) is 9.74. The normalized spacial score (nSPS) is 16.6. The Morgan fingerprint density at radius 1 is 1.20 bits per heavy atom. The van der Waals surface area contributed by atoms with E-state index in [1.165, 1.54) is 0 Å². The van der Waals surface area contributed by atoms with Gasteiger partial charge in [-0.15, -0.1) is 0 Å². The van der Waals surface area contributed by atoms with Gasteiger partial charge in [0, 0.05) is 5.39 Å². The molecule has 2 aromatic rings. The average molecular weight is 273 g/mol. The topological polar surface area (TPSA) is 99.1 Å². The van der Waals surface area contributed by atoms with Gasteiger partial charge in [-0.2, -0.15) is 4.98 Å². The van der Waals surface area contributed by atoms with Crippen molar-refractivity contribution in [2.24, 2.45) is 0 Å². The van der Waals surface area contributed by atoms with Crippen LogP contribution in [0.15, 0.2) is 18.2 Å². The predicted molar refractivity (Wildman–Crippen MR) is 79.0 cm³/mol. The number of nitrogen functional groups attached to an aromatic ring is 2. The standard InChI is InChI=1S/C14H19N5O/c15-13-12-9(8-20-10-4-6-17-7-5-10)2-1-3-11(12)18-14(16)19-13/h1-3,10,17H,4-8H2,(H4,15,16,18,19). The number of piperidine rings is 1. The molecule has 0 unspecified atom stereocenters. The van der Waals surface area contributed by atoms with Crippen molar-refractivity contribution in [3.8, 4) is 0 Å². The Hall–Kier alpha value is -1.92. The van der Waals surface area contributed by atoms with Crippen molar-refractivity contribution in [3.63, 3.8) is 0 Å². The van der Waals surface area contributed by atoms with Crippen LogP contribution in [0.3, 0.4) is 0 Å². The Morgan fingerprint density at radius 2 is 2.00 bits per heavy atom. The number of hydrogen-bond donors (Lipinski definition) is 3. The van der Waals surface area contributed by atoms with Gasteiger partial charge in [-0.05, 0) is 37.6 Å². The van der Waals surface area contributed by atoms with Crippen molar-refractivity contribution in [2.75, 3.05) is 24.6 Å². The second kappa shape index (κ2) is 5.60. The Morgan fingerprint density at radius 3 is 2.80 bits per heavy atom. The summed E-state index contributed by atoms with van der Waals surface area (Å²) in [6.07, 6.45) is 2.40. The van der Waals surface area contributed by atoms with Crippen LogP contribution in [0.5, 0.6) is 0 Å². The maximum absolute atomic E-state index is 5.98. The van der Waals surface area contributed by atoms with E-state index in [-0.39, 0.29) is 5.95 Å². The number of benzene rings is 1. The lowest BCUT2D eigenvalue weighted by Gasteiger charge is -2.23. The molecule has 1 fully saturated rings. The highest BCUT2D eigenvalue weighted by Gasteiger charge is 2.15. The Labute approximate surface area is 117 Å². The van der Waals surface area contributed by atoms with Crippen molar-refractivity contribution in [1.29, 1.82) is 0 Å². The number of fused-ring (bicyclic) bond motifs is 1. The number of nitrogens with one attached hydrogen (secondary N) is 1. The molecule has 0 spiro atoms. The minimum absolute atomic E-state index is 0.200. The molecule has 6 nitrogen and oxygen atoms in total. The molecule has 1 saturated heterocycles. The number of rotatable bonds is 3. The third kappa shape index (κ3) is 2.66. The number of nitrogens with zero attached hydrogens (tertiary/aromatic N) is 2. The van der Waals surface area contributed by atoms with Crippen LogP contribution >= 0.6 is 0 Å². The smallest absolute Gasteiger partial charge is 0.222 e. The second-order valence-corrected chi connectivity index (χ2v) is 5.04. The summed E-state index contributed by atoms with van der Waals surface area (Å²) >= 11 is 0. The lowest BCUT2D eigenvalue weighted by Crippen LogP contribution is -2.32. The summed E-state index contributed by atoms with van der Waals surface area (Å²) in [7, 11) is 0. The van der Waals surface area contributed by atoms with E-state index < -0.39 is 0 Å². The number of hydrogen-bond acceptors (Lipinski definition) is 6. The Balaban J connectivity index is 1.83. The molecule has 0 bridgehead atoms. The molecule has 5 N–H and O–H groups in total. The summed E-state index contributed by atoms with van der Waals surface area (Å²) in [5, 5.41) is 4.17. The molecule has 0 aliphatic carbocycles. The van der Waals surface area contributed by atoms with E-state index in [4.69, 9.17) is 16.2 Å². The van der Waals surface area contributed by atoms with Gasteiger partial charge >= 0.3 is 0 Å². The van der Waals surface area contributed by atoms with Crippen molar-refractivity contribution < 1.29 is 4.74 Å². The fourth-order valence-electron chi connectivity index (χ4n) is 2.59. The number of anilines is 2. The summed E-state index contributed by atoms with van der Waals surface area (Å²) in [5.74, 6) is 0.614. The van der Waals surface area contributed by atoms with Crippen LogP contribution in [0.2, 0.25) is 0 Å². The van der Waals surface area contributed by atoms with Gasteiger partial charge in [0.2, 0.25) is 5.95 Å². The second-order valence-electron chi connectivity index (χ2n) is 5.04. The van der Waals surface area contributed by atoms with Gasteiger partial charge in [-0.1, -0.05) is 12.1 Å².